The Morgan fingerprint density at radius 2 is 2.12 bits per heavy atom. The minimum Gasteiger partial charge on any atom is -0.404 e. The molecule has 0 spiro atoms. The molecule has 9 heteroatoms. The van der Waals surface area contributed by atoms with E-state index < -0.39 is 0 Å². The first-order valence-corrected chi connectivity index (χ1v) is 11.2. The second-order valence-corrected chi connectivity index (χ2v) is 8.88. The lowest BCUT2D eigenvalue weighted by Crippen LogP contribution is -2.52. The Morgan fingerprint density at radius 1 is 1.30 bits per heavy atom. The first-order valence-electron chi connectivity index (χ1n) is 11.2. The second-order valence-electron chi connectivity index (χ2n) is 8.88. The molecule has 0 amide bonds. The first-order chi connectivity index (χ1) is 15.9. The number of aryl methyl sites for hydroxylation is 1. The molecule has 3 aliphatic heterocycles. The van der Waals surface area contributed by atoms with E-state index in [1.54, 1.807) is 16.9 Å². The third kappa shape index (κ3) is 3.98. The zero-order chi connectivity index (χ0) is 23.1. The topological polar surface area (TPSA) is 111 Å². The van der Waals surface area contributed by atoms with Crippen molar-refractivity contribution in [3.63, 3.8) is 0 Å². The number of rotatable bonds is 4. The molecule has 0 aliphatic carbocycles. The smallest absolute Gasteiger partial charge is 0.272 e. The van der Waals surface area contributed by atoms with Crippen LogP contribution in [0.3, 0.4) is 0 Å². The summed E-state index contributed by atoms with van der Waals surface area (Å²) in [5, 5.41) is 0. The highest BCUT2D eigenvalue weighted by Crippen LogP contribution is 2.29. The number of hydrogen-bond donors (Lipinski definition) is 2. The Balaban J connectivity index is 1.41. The predicted molar refractivity (Wildman–Crippen MR) is 128 cm³/mol. The van der Waals surface area contributed by atoms with Gasteiger partial charge in [0, 0.05) is 66.7 Å². The molecule has 1 unspecified atom stereocenters. The van der Waals surface area contributed by atoms with Gasteiger partial charge < -0.3 is 10.5 Å². The molecule has 5 heterocycles. The van der Waals surface area contributed by atoms with Crippen LogP contribution < -0.4 is 16.7 Å². The van der Waals surface area contributed by atoms with Crippen LogP contribution in [0.1, 0.15) is 42.2 Å². The van der Waals surface area contributed by atoms with E-state index >= 15 is 0 Å². The summed E-state index contributed by atoms with van der Waals surface area (Å²) in [7, 11) is 0. The van der Waals surface area contributed by atoms with Crippen molar-refractivity contribution < 1.29 is 4.74 Å². The molecule has 1 atom stereocenters. The van der Waals surface area contributed by atoms with Crippen LogP contribution in [-0.4, -0.2) is 57.7 Å². The minimum atomic E-state index is -0.0961. The third-order valence-electron chi connectivity index (χ3n) is 6.63. The molecule has 33 heavy (non-hydrogen) atoms. The third-order valence-corrected chi connectivity index (χ3v) is 6.63. The largest absolute Gasteiger partial charge is 0.404 e. The summed E-state index contributed by atoms with van der Waals surface area (Å²) in [5.74, 6) is 0.684. The second kappa shape index (κ2) is 8.57. The van der Waals surface area contributed by atoms with Crippen LogP contribution in [0.2, 0.25) is 0 Å². The molecule has 0 radical (unpaired) electrons. The molecule has 0 saturated carbocycles. The molecule has 1 fully saturated rings. The molecule has 3 aliphatic rings. The van der Waals surface area contributed by atoms with Crippen molar-refractivity contribution in [2.75, 3.05) is 25.2 Å². The lowest BCUT2D eigenvalue weighted by atomic mass is 9.98. The molecule has 2 aromatic rings. The summed E-state index contributed by atoms with van der Waals surface area (Å²) >= 11 is 0. The lowest BCUT2D eigenvalue weighted by Gasteiger charge is -2.40. The molecule has 9 nitrogen and oxygen atoms in total. The number of nitrogens with two attached hydrogens (primary N) is 1. The van der Waals surface area contributed by atoms with Crippen molar-refractivity contribution in [1.82, 2.24) is 19.5 Å². The van der Waals surface area contributed by atoms with Crippen LogP contribution >= 0.6 is 0 Å². The van der Waals surface area contributed by atoms with Gasteiger partial charge >= 0.3 is 0 Å². The zero-order valence-electron chi connectivity index (χ0n) is 19.2. The van der Waals surface area contributed by atoms with E-state index in [4.69, 9.17) is 15.5 Å². The highest BCUT2D eigenvalue weighted by molar-refractivity contribution is 6.09. The number of allylic oxidation sites excluding steroid dienone is 2. The van der Waals surface area contributed by atoms with Crippen molar-refractivity contribution >= 4 is 17.4 Å². The fourth-order valence-corrected chi connectivity index (χ4v) is 4.46. The Bertz CT molecular complexity index is 1240. The Hall–Kier alpha value is -3.30. The van der Waals surface area contributed by atoms with Gasteiger partial charge in [-0.25, -0.2) is 9.66 Å². The van der Waals surface area contributed by atoms with Gasteiger partial charge in [0.15, 0.2) is 5.82 Å². The molecule has 0 aromatic carbocycles. The SMILES string of the molecule is CC1=C(C)C(N2CCc3ncc(/C(C=NC4COC4)=C/N)cc3C2)Nn2c1nc(C)cc2=O. The zero-order valence-corrected chi connectivity index (χ0v) is 19.2. The Labute approximate surface area is 192 Å². The van der Waals surface area contributed by atoms with Crippen LogP contribution in [0.15, 0.2) is 39.9 Å². The maximum atomic E-state index is 12.6. The average Bonchev–Trinajstić information content (AvgIpc) is 2.77. The van der Waals surface area contributed by atoms with E-state index in [1.807, 2.05) is 26.3 Å². The first kappa shape index (κ1) is 21.5. The van der Waals surface area contributed by atoms with Crippen LogP contribution in [-0.2, 0) is 17.7 Å². The maximum Gasteiger partial charge on any atom is 0.272 e. The Kier molecular flexibility index (Phi) is 5.59. The van der Waals surface area contributed by atoms with Crippen molar-refractivity contribution in [3.8, 4) is 0 Å². The van der Waals surface area contributed by atoms with Crippen LogP contribution in [0.25, 0.3) is 11.1 Å². The standard InChI is InChI=1S/C24H29N7O2/c1-14-6-22(32)31-23(28-14)15(2)16(3)24(29-31)30-5-4-21-18(11-30)7-17(9-27-21)19(8-25)10-26-20-12-33-13-20/h6-10,20,24,29H,4-5,11-13,25H2,1-3H3/b19-8+,26-10?. The lowest BCUT2D eigenvalue weighted by molar-refractivity contribution is 0.0136. The fourth-order valence-electron chi connectivity index (χ4n) is 4.46. The summed E-state index contributed by atoms with van der Waals surface area (Å²) in [6.45, 7) is 8.86. The average molecular weight is 448 g/mol. The van der Waals surface area contributed by atoms with Crippen molar-refractivity contribution in [1.29, 1.82) is 0 Å². The summed E-state index contributed by atoms with van der Waals surface area (Å²) in [4.78, 5) is 28.8. The van der Waals surface area contributed by atoms with Crippen LogP contribution in [0.5, 0.6) is 0 Å². The van der Waals surface area contributed by atoms with Gasteiger partial charge in [0.25, 0.3) is 5.56 Å². The number of nitrogens with zero attached hydrogens (tertiary/aromatic N) is 5. The van der Waals surface area contributed by atoms with E-state index in [1.165, 1.54) is 0 Å². The minimum absolute atomic E-state index is 0.0930. The summed E-state index contributed by atoms with van der Waals surface area (Å²) in [6.07, 6.45) is 6.00. The Morgan fingerprint density at radius 3 is 2.85 bits per heavy atom. The van der Waals surface area contributed by atoms with E-state index in [0.717, 1.165) is 52.2 Å². The van der Waals surface area contributed by atoms with Gasteiger partial charge in [-0.15, -0.1) is 0 Å². The maximum absolute atomic E-state index is 12.6. The number of aromatic nitrogens is 3. The summed E-state index contributed by atoms with van der Waals surface area (Å²) in [6, 6.07) is 3.91. The normalized spacial score (nSPS) is 21.5. The molecule has 5 rings (SSSR count). The van der Waals surface area contributed by atoms with Crippen molar-refractivity contribution in [2.45, 2.75) is 45.9 Å². The van der Waals surface area contributed by atoms with Crippen molar-refractivity contribution in [2.24, 2.45) is 10.7 Å². The monoisotopic (exact) mass is 447 g/mol. The van der Waals surface area contributed by atoms with Crippen LogP contribution in [0, 0.1) is 6.92 Å². The van der Waals surface area contributed by atoms with Gasteiger partial charge in [0.1, 0.15) is 6.17 Å². The number of fused-ring (bicyclic) bond motifs is 2. The number of hydrogen-bond acceptors (Lipinski definition) is 8. The van der Waals surface area contributed by atoms with Crippen LogP contribution in [0.4, 0.5) is 0 Å². The number of ether oxygens (including phenoxy) is 1. The summed E-state index contributed by atoms with van der Waals surface area (Å²) < 4.78 is 6.75. The molecule has 172 valence electrons. The van der Waals surface area contributed by atoms with E-state index in [9.17, 15) is 4.79 Å². The van der Waals surface area contributed by atoms with E-state index in [2.05, 4.69) is 33.3 Å². The highest BCUT2D eigenvalue weighted by atomic mass is 16.5. The van der Waals surface area contributed by atoms with Gasteiger partial charge in [-0.2, -0.15) is 0 Å². The van der Waals surface area contributed by atoms with Gasteiger partial charge in [-0.1, -0.05) is 0 Å². The molecular weight excluding hydrogens is 418 g/mol. The number of aliphatic imine (C=N–C) groups is 1. The van der Waals surface area contributed by atoms with Gasteiger partial charge in [0.05, 0.1) is 19.3 Å². The van der Waals surface area contributed by atoms with Gasteiger partial charge in [0.2, 0.25) is 0 Å². The molecule has 0 bridgehead atoms. The predicted octanol–water partition coefficient (Wildman–Crippen LogP) is 1.45. The number of nitrogens with one attached hydrogen (secondary N) is 1. The molecule has 1 saturated heterocycles. The molecule has 3 N–H and O–H groups in total. The van der Waals surface area contributed by atoms with Gasteiger partial charge in [-0.05, 0) is 43.5 Å². The van der Waals surface area contributed by atoms with E-state index in [0.29, 0.717) is 25.6 Å². The highest BCUT2D eigenvalue weighted by Gasteiger charge is 2.31. The fraction of sp³-hybridized carbons (Fsp3) is 0.417. The molecular formula is C24H29N7O2. The molecule has 2 aromatic heterocycles. The van der Waals surface area contributed by atoms with E-state index in [-0.39, 0.29) is 17.8 Å². The summed E-state index contributed by atoms with van der Waals surface area (Å²) in [5.41, 5.74) is 16.2. The number of pyridine rings is 1. The quantitative estimate of drug-likeness (QED) is 0.683. The van der Waals surface area contributed by atoms with Crippen molar-refractivity contribution in [3.05, 3.63) is 68.8 Å². The van der Waals surface area contributed by atoms with Gasteiger partial charge in [-0.3, -0.25) is 25.1 Å².